The van der Waals surface area contributed by atoms with Gasteiger partial charge in [0.25, 0.3) is 0 Å². The summed E-state index contributed by atoms with van der Waals surface area (Å²) in [6.07, 6.45) is 2.02. The van der Waals surface area contributed by atoms with E-state index in [1.807, 2.05) is 23.7 Å². The van der Waals surface area contributed by atoms with Crippen molar-refractivity contribution in [3.8, 4) is 0 Å². The smallest absolute Gasteiger partial charge is 0.234 e. The Hall–Kier alpha value is -3.32. The van der Waals surface area contributed by atoms with Crippen molar-refractivity contribution < 1.29 is 14.3 Å². The van der Waals surface area contributed by atoms with Gasteiger partial charge in [-0.05, 0) is 44.3 Å². The van der Waals surface area contributed by atoms with Gasteiger partial charge in [-0.25, -0.2) is 9.97 Å². The number of aliphatic hydroxyl groups is 1. The van der Waals surface area contributed by atoms with E-state index in [0.29, 0.717) is 56.5 Å². The number of aryl methyl sites for hydroxylation is 1. The summed E-state index contributed by atoms with van der Waals surface area (Å²) in [5.41, 5.74) is 4.98. The molecule has 1 aliphatic rings. The first-order valence-electron chi connectivity index (χ1n) is 13.3. The van der Waals surface area contributed by atoms with E-state index in [0.717, 1.165) is 34.1 Å². The van der Waals surface area contributed by atoms with Gasteiger partial charge >= 0.3 is 0 Å². The van der Waals surface area contributed by atoms with E-state index in [1.54, 1.807) is 6.92 Å². The number of nitrogens with zero attached hydrogens (tertiary/aromatic N) is 4. The number of hydrogen-bond acceptors (Lipinski definition) is 10. The highest BCUT2D eigenvalue weighted by atomic mass is 32.2. The van der Waals surface area contributed by atoms with E-state index < -0.39 is 6.10 Å². The summed E-state index contributed by atoms with van der Waals surface area (Å²) in [4.78, 5) is 28.4. The number of thiazole rings is 1. The van der Waals surface area contributed by atoms with Crippen LogP contribution in [0.3, 0.4) is 0 Å². The Labute approximate surface area is 249 Å². The summed E-state index contributed by atoms with van der Waals surface area (Å²) >= 11 is 3.00. The Morgan fingerprint density at radius 2 is 2.07 bits per heavy atom. The normalized spacial score (nSPS) is 14.7. The lowest BCUT2D eigenvalue weighted by Gasteiger charge is -2.26. The standard InChI is InChI=1S/C28H35N7O2S2.CH3F/c1-19-4-7-22(8-5-19)31-14-21-6-9-25(32-15-21)34-28-33-24(18-39-28)27(38-17-20(2)36)23(29-3)10-12-35-13-11-30-26(37)16-35;1-2/h4-9,15,18,20,31,36H,3,10-14,16-17H2,1-2H3,(H,30,37)(H,32,33,34);1H3/b27-23-;. The lowest BCUT2D eigenvalue weighted by Crippen LogP contribution is -2.47. The maximum Gasteiger partial charge on any atom is 0.234 e. The van der Waals surface area contributed by atoms with E-state index in [-0.39, 0.29) is 5.91 Å². The second kappa shape index (κ2) is 16.8. The Morgan fingerprint density at radius 3 is 2.73 bits per heavy atom. The molecular formula is C29H38FN7O2S2. The minimum Gasteiger partial charge on any atom is -0.393 e. The Balaban J connectivity index is 0.00000226. The van der Waals surface area contributed by atoms with Gasteiger partial charge in [0.2, 0.25) is 5.91 Å². The van der Waals surface area contributed by atoms with Crippen molar-refractivity contribution in [3.63, 3.8) is 0 Å². The summed E-state index contributed by atoms with van der Waals surface area (Å²) in [5, 5.41) is 22.2. The number of nitrogens with one attached hydrogen (secondary N) is 3. The van der Waals surface area contributed by atoms with Crippen LogP contribution in [0.5, 0.6) is 0 Å². The molecule has 1 fully saturated rings. The number of alkyl halides is 1. The van der Waals surface area contributed by atoms with Crippen LogP contribution < -0.4 is 16.0 Å². The maximum absolute atomic E-state index is 11.7. The number of aliphatic hydroxyl groups excluding tert-OH is 1. The SMILES string of the molecule is C=N/C(CCN1CCNC(=O)C1)=C(\SCC(C)O)c1csc(Nc2ccc(CNc3ccc(C)cc3)cn2)n1.CF. The average Bonchev–Trinajstić information content (AvgIpc) is 3.44. The Morgan fingerprint density at radius 1 is 1.29 bits per heavy atom. The van der Waals surface area contributed by atoms with Crippen LogP contribution in [0.4, 0.5) is 21.0 Å². The van der Waals surface area contributed by atoms with Crippen molar-refractivity contribution in [3.05, 3.63) is 70.5 Å². The Kier molecular flexibility index (Phi) is 13.2. The first-order valence-corrected chi connectivity index (χ1v) is 15.1. The van der Waals surface area contributed by atoms with Crippen LogP contribution in [-0.2, 0) is 11.3 Å². The van der Waals surface area contributed by atoms with Crippen LogP contribution in [0.15, 0.2) is 58.7 Å². The fourth-order valence-corrected chi connectivity index (χ4v) is 5.72. The van der Waals surface area contributed by atoms with Gasteiger partial charge in [-0.15, -0.1) is 23.1 Å². The largest absolute Gasteiger partial charge is 0.393 e. The van der Waals surface area contributed by atoms with E-state index >= 15 is 0 Å². The zero-order chi connectivity index (χ0) is 29.6. The van der Waals surface area contributed by atoms with Gasteiger partial charge in [0, 0.05) is 55.6 Å². The molecule has 1 atom stereocenters. The molecule has 0 radical (unpaired) electrons. The van der Waals surface area contributed by atoms with E-state index in [4.69, 9.17) is 4.98 Å². The molecule has 1 saturated heterocycles. The van der Waals surface area contributed by atoms with Gasteiger partial charge in [0.15, 0.2) is 5.13 Å². The van der Waals surface area contributed by atoms with Gasteiger partial charge < -0.3 is 21.1 Å². The second-order valence-electron chi connectivity index (χ2n) is 9.40. The molecule has 1 unspecified atom stereocenters. The quantitative estimate of drug-likeness (QED) is 0.201. The second-order valence-corrected chi connectivity index (χ2v) is 11.3. The van der Waals surface area contributed by atoms with Crippen LogP contribution >= 0.6 is 23.1 Å². The van der Waals surface area contributed by atoms with Crippen molar-refractivity contribution in [2.45, 2.75) is 32.9 Å². The number of aliphatic imine (C=N–C) groups is 1. The molecule has 0 bridgehead atoms. The molecule has 0 saturated carbocycles. The van der Waals surface area contributed by atoms with Crippen LogP contribution in [0.25, 0.3) is 4.91 Å². The molecule has 220 valence electrons. The minimum atomic E-state index is -0.471. The third-order valence-corrected chi connectivity index (χ3v) is 8.19. The Bertz CT molecular complexity index is 1280. The molecule has 1 aliphatic heterocycles. The number of pyridine rings is 1. The first kappa shape index (κ1) is 32.2. The number of aromatic nitrogens is 2. The zero-order valence-corrected chi connectivity index (χ0v) is 25.3. The molecule has 1 aromatic carbocycles. The van der Waals surface area contributed by atoms with Crippen LogP contribution in [0.2, 0.25) is 0 Å². The first-order chi connectivity index (χ1) is 19.9. The molecule has 3 heterocycles. The number of thioether (sulfide) groups is 1. The van der Waals surface area contributed by atoms with E-state index in [9.17, 15) is 14.3 Å². The van der Waals surface area contributed by atoms with Crippen molar-refractivity contribution in [1.29, 1.82) is 0 Å². The predicted molar refractivity (Wildman–Crippen MR) is 170 cm³/mol. The summed E-state index contributed by atoms with van der Waals surface area (Å²) in [7, 11) is 0.500. The highest BCUT2D eigenvalue weighted by Gasteiger charge is 2.19. The molecule has 2 aromatic heterocycles. The van der Waals surface area contributed by atoms with Gasteiger partial charge in [0.05, 0.1) is 36.1 Å². The van der Waals surface area contributed by atoms with Crippen molar-refractivity contribution >= 4 is 57.3 Å². The number of carbonyl (C=O) groups is 1. The van der Waals surface area contributed by atoms with Crippen molar-refractivity contribution in [1.82, 2.24) is 20.2 Å². The lowest BCUT2D eigenvalue weighted by molar-refractivity contribution is -0.124. The summed E-state index contributed by atoms with van der Waals surface area (Å²) in [6, 6.07) is 12.3. The maximum atomic E-state index is 11.7. The summed E-state index contributed by atoms with van der Waals surface area (Å²) in [5.74, 6) is 1.27. The highest BCUT2D eigenvalue weighted by molar-refractivity contribution is 8.08. The summed E-state index contributed by atoms with van der Waals surface area (Å²) in [6.45, 7) is 10.9. The number of anilines is 3. The van der Waals surface area contributed by atoms with Gasteiger partial charge in [-0.2, -0.15) is 0 Å². The van der Waals surface area contributed by atoms with Gasteiger partial charge in [-0.1, -0.05) is 23.8 Å². The number of piperazine rings is 1. The molecule has 12 heteroatoms. The summed E-state index contributed by atoms with van der Waals surface area (Å²) < 4.78 is 9.50. The van der Waals surface area contributed by atoms with Gasteiger partial charge in [0.1, 0.15) is 5.82 Å². The van der Waals surface area contributed by atoms with Crippen molar-refractivity contribution in [2.24, 2.45) is 4.99 Å². The molecule has 1 amide bonds. The molecule has 4 N–H and O–H groups in total. The van der Waals surface area contributed by atoms with Crippen LogP contribution in [-0.4, -0.2) is 77.8 Å². The minimum absolute atomic E-state index is 0.0430. The molecule has 3 aromatic rings. The fraction of sp³-hybridized carbons (Fsp3) is 0.379. The molecule has 9 nitrogen and oxygen atoms in total. The zero-order valence-electron chi connectivity index (χ0n) is 23.7. The molecule has 0 aliphatic carbocycles. The number of hydrogen-bond donors (Lipinski definition) is 4. The third-order valence-electron chi connectivity index (χ3n) is 6.05. The number of halogens is 1. The van der Waals surface area contributed by atoms with Crippen molar-refractivity contribution in [2.75, 3.05) is 49.7 Å². The number of benzene rings is 1. The van der Waals surface area contributed by atoms with E-state index in [2.05, 4.69) is 68.7 Å². The van der Waals surface area contributed by atoms with Crippen LogP contribution in [0, 0.1) is 6.92 Å². The van der Waals surface area contributed by atoms with Gasteiger partial charge in [-0.3, -0.25) is 19.1 Å². The van der Waals surface area contributed by atoms with Crippen LogP contribution in [0.1, 0.15) is 30.2 Å². The molecule has 4 rings (SSSR count). The topological polar surface area (TPSA) is 115 Å². The average molecular weight is 600 g/mol. The molecule has 0 spiro atoms. The fourth-order valence-electron chi connectivity index (χ4n) is 3.94. The monoisotopic (exact) mass is 599 g/mol. The third kappa shape index (κ3) is 10.5. The molecule has 41 heavy (non-hydrogen) atoms. The highest BCUT2D eigenvalue weighted by Crippen LogP contribution is 2.35. The van der Waals surface area contributed by atoms with E-state index in [1.165, 1.54) is 28.7 Å². The molecular weight excluding hydrogens is 561 g/mol. The number of carbonyl (C=O) groups excluding carboxylic acids is 1. The number of rotatable bonds is 13. The lowest BCUT2D eigenvalue weighted by atomic mass is 10.2. The number of amides is 1. The predicted octanol–water partition coefficient (Wildman–Crippen LogP) is 5.09.